The summed E-state index contributed by atoms with van der Waals surface area (Å²) in [5, 5.41) is 3.39. The first-order valence-corrected chi connectivity index (χ1v) is 6.26. The Hall–Kier alpha value is -1.02. The van der Waals surface area contributed by atoms with E-state index in [2.05, 4.69) is 43.4 Å². The van der Waals surface area contributed by atoms with E-state index in [1.54, 1.807) is 0 Å². The van der Waals surface area contributed by atoms with Gasteiger partial charge in [-0.2, -0.15) is 0 Å². The Bertz CT molecular complexity index is 337. The number of hydrogen-bond acceptors (Lipinski definition) is 2. The Morgan fingerprint density at radius 3 is 3.06 bits per heavy atom. The maximum Gasteiger partial charge on any atom is 0.120 e. The van der Waals surface area contributed by atoms with Crippen molar-refractivity contribution in [2.75, 3.05) is 13.1 Å². The number of benzene rings is 1. The quantitative estimate of drug-likeness (QED) is 0.843. The van der Waals surface area contributed by atoms with Gasteiger partial charge in [0, 0.05) is 12.5 Å². The normalized spacial score (nSPS) is 25.4. The van der Waals surface area contributed by atoms with Crippen LogP contribution in [0.2, 0.25) is 0 Å². The van der Waals surface area contributed by atoms with E-state index in [-0.39, 0.29) is 0 Å². The van der Waals surface area contributed by atoms with Crippen LogP contribution in [0.3, 0.4) is 0 Å². The summed E-state index contributed by atoms with van der Waals surface area (Å²) in [4.78, 5) is 0. The van der Waals surface area contributed by atoms with Gasteiger partial charge in [0.15, 0.2) is 0 Å². The van der Waals surface area contributed by atoms with Gasteiger partial charge in [0.05, 0.1) is 0 Å². The zero-order valence-electron chi connectivity index (χ0n) is 10.2. The lowest BCUT2D eigenvalue weighted by Crippen LogP contribution is -2.41. The second kappa shape index (κ2) is 5.35. The zero-order chi connectivity index (χ0) is 11.4. The monoisotopic (exact) mass is 219 g/mol. The lowest BCUT2D eigenvalue weighted by atomic mass is 9.98. The van der Waals surface area contributed by atoms with Crippen LogP contribution in [0.15, 0.2) is 24.3 Å². The highest BCUT2D eigenvalue weighted by atomic mass is 16.5. The van der Waals surface area contributed by atoms with Crippen LogP contribution in [0.4, 0.5) is 0 Å². The molecule has 88 valence electrons. The van der Waals surface area contributed by atoms with Crippen molar-refractivity contribution < 1.29 is 4.74 Å². The maximum atomic E-state index is 6.07. The van der Waals surface area contributed by atoms with Crippen molar-refractivity contribution in [1.82, 2.24) is 5.32 Å². The highest BCUT2D eigenvalue weighted by Gasteiger charge is 2.22. The molecule has 16 heavy (non-hydrogen) atoms. The van der Waals surface area contributed by atoms with Crippen LogP contribution < -0.4 is 10.1 Å². The lowest BCUT2D eigenvalue weighted by molar-refractivity contribution is 0.112. The third-order valence-electron chi connectivity index (χ3n) is 3.30. The van der Waals surface area contributed by atoms with Gasteiger partial charge in [-0.05, 0) is 37.1 Å². The van der Waals surface area contributed by atoms with E-state index in [4.69, 9.17) is 4.74 Å². The third-order valence-corrected chi connectivity index (χ3v) is 3.30. The lowest BCUT2D eigenvalue weighted by Gasteiger charge is -2.30. The Kier molecular flexibility index (Phi) is 3.83. The first-order valence-electron chi connectivity index (χ1n) is 6.26. The molecule has 1 aromatic rings. The van der Waals surface area contributed by atoms with E-state index in [9.17, 15) is 0 Å². The highest BCUT2D eigenvalue weighted by molar-refractivity contribution is 5.28. The molecule has 0 aromatic heterocycles. The van der Waals surface area contributed by atoms with Crippen LogP contribution >= 0.6 is 0 Å². The summed E-state index contributed by atoms with van der Waals surface area (Å²) >= 11 is 0. The molecule has 0 spiro atoms. The van der Waals surface area contributed by atoms with Gasteiger partial charge in [0.25, 0.3) is 0 Å². The number of nitrogens with one attached hydrogen (secondary N) is 1. The van der Waals surface area contributed by atoms with Crippen molar-refractivity contribution in [3.8, 4) is 5.75 Å². The molecule has 0 saturated carbocycles. The summed E-state index contributed by atoms with van der Waals surface area (Å²) in [5.74, 6) is 1.62. The number of hydrogen-bond donors (Lipinski definition) is 1. The number of piperidine rings is 1. The Labute approximate surface area is 98.0 Å². The SMILES string of the molecule is CCc1cccc(OC2CCNCC2C)c1. The molecule has 2 unspecified atom stereocenters. The molecule has 1 aliphatic rings. The van der Waals surface area contributed by atoms with Crippen molar-refractivity contribution in [3.63, 3.8) is 0 Å². The predicted molar refractivity (Wildman–Crippen MR) is 66.9 cm³/mol. The van der Waals surface area contributed by atoms with Gasteiger partial charge in [0.1, 0.15) is 11.9 Å². The van der Waals surface area contributed by atoms with Crippen molar-refractivity contribution in [2.45, 2.75) is 32.8 Å². The van der Waals surface area contributed by atoms with E-state index in [1.807, 2.05) is 0 Å². The Balaban J connectivity index is 2.01. The van der Waals surface area contributed by atoms with Crippen LogP contribution in [-0.4, -0.2) is 19.2 Å². The molecule has 1 heterocycles. The fraction of sp³-hybridized carbons (Fsp3) is 0.571. The molecule has 2 rings (SSSR count). The van der Waals surface area contributed by atoms with E-state index in [0.717, 1.165) is 31.7 Å². The molecular formula is C14H21NO. The first kappa shape index (κ1) is 11.5. The van der Waals surface area contributed by atoms with Crippen LogP contribution in [-0.2, 0) is 6.42 Å². The van der Waals surface area contributed by atoms with E-state index >= 15 is 0 Å². The summed E-state index contributed by atoms with van der Waals surface area (Å²) in [7, 11) is 0. The van der Waals surface area contributed by atoms with Crippen LogP contribution in [0.1, 0.15) is 25.8 Å². The summed E-state index contributed by atoms with van der Waals surface area (Å²) in [5.41, 5.74) is 1.35. The largest absolute Gasteiger partial charge is 0.490 e. The number of rotatable bonds is 3. The maximum absolute atomic E-state index is 6.07. The van der Waals surface area contributed by atoms with E-state index in [0.29, 0.717) is 12.0 Å². The van der Waals surface area contributed by atoms with Gasteiger partial charge in [-0.25, -0.2) is 0 Å². The molecule has 1 N–H and O–H groups in total. The molecule has 1 aromatic carbocycles. The van der Waals surface area contributed by atoms with Crippen molar-refractivity contribution in [3.05, 3.63) is 29.8 Å². The van der Waals surface area contributed by atoms with Gasteiger partial charge in [-0.15, -0.1) is 0 Å². The zero-order valence-corrected chi connectivity index (χ0v) is 10.2. The van der Waals surface area contributed by atoms with Gasteiger partial charge in [-0.3, -0.25) is 0 Å². The number of aryl methyl sites for hydroxylation is 1. The summed E-state index contributed by atoms with van der Waals surface area (Å²) < 4.78 is 6.07. The van der Waals surface area contributed by atoms with Crippen LogP contribution in [0.5, 0.6) is 5.75 Å². The summed E-state index contributed by atoms with van der Waals surface area (Å²) in [6, 6.07) is 8.46. The minimum absolute atomic E-state index is 0.369. The summed E-state index contributed by atoms with van der Waals surface area (Å²) in [6.07, 6.45) is 2.55. The van der Waals surface area contributed by atoms with Crippen LogP contribution in [0, 0.1) is 5.92 Å². The molecule has 0 bridgehead atoms. The molecule has 2 heteroatoms. The summed E-state index contributed by atoms with van der Waals surface area (Å²) in [6.45, 7) is 6.56. The molecule has 1 saturated heterocycles. The molecule has 0 amide bonds. The molecule has 0 aliphatic carbocycles. The van der Waals surface area contributed by atoms with Crippen molar-refractivity contribution in [1.29, 1.82) is 0 Å². The molecule has 1 aliphatic heterocycles. The van der Waals surface area contributed by atoms with Crippen LogP contribution in [0.25, 0.3) is 0 Å². The average Bonchev–Trinajstić information content (AvgIpc) is 2.32. The van der Waals surface area contributed by atoms with Crippen molar-refractivity contribution in [2.24, 2.45) is 5.92 Å². The highest BCUT2D eigenvalue weighted by Crippen LogP contribution is 2.21. The van der Waals surface area contributed by atoms with Crippen molar-refractivity contribution >= 4 is 0 Å². The number of ether oxygens (including phenoxy) is 1. The van der Waals surface area contributed by atoms with E-state index < -0.39 is 0 Å². The van der Waals surface area contributed by atoms with Gasteiger partial charge in [0.2, 0.25) is 0 Å². The van der Waals surface area contributed by atoms with Gasteiger partial charge in [-0.1, -0.05) is 26.0 Å². The second-order valence-corrected chi connectivity index (χ2v) is 4.63. The molecular weight excluding hydrogens is 198 g/mol. The second-order valence-electron chi connectivity index (χ2n) is 4.63. The molecule has 2 atom stereocenters. The van der Waals surface area contributed by atoms with Gasteiger partial charge < -0.3 is 10.1 Å². The Morgan fingerprint density at radius 2 is 2.31 bits per heavy atom. The smallest absolute Gasteiger partial charge is 0.120 e. The first-order chi connectivity index (χ1) is 7.79. The minimum Gasteiger partial charge on any atom is -0.490 e. The standard InChI is InChI=1S/C14H21NO/c1-3-12-5-4-6-13(9-12)16-14-7-8-15-10-11(14)2/h4-6,9,11,14-15H,3,7-8,10H2,1-2H3. The average molecular weight is 219 g/mol. The molecule has 2 nitrogen and oxygen atoms in total. The molecule has 1 fully saturated rings. The Morgan fingerprint density at radius 1 is 1.44 bits per heavy atom. The molecule has 0 radical (unpaired) electrons. The van der Waals surface area contributed by atoms with Gasteiger partial charge >= 0.3 is 0 Å². The third kappa shape index (κ3) is 2.76. The predicted octanol–water partition coefficient (Wildman–Crippen LogP) is 2.63. The topological polar surface area (TPSA) is 21.3 Å². The fourth-order valence-corrected chi connectivity index (χ4v) is 2.18. The fourth-order valence-electron chi connectivity index (χ4n) is 2.18. The van der Waals surface area contributed by atoms with E-state index in [1.165, 1.54) is 5.56 Å². The minimum atomic E-state index is 0.369.